The Balaban J connectivity index is 2.76. The molecule has 0 unspecified atom stereocenters. The van der Waals surface area contributed by atoms with Crippen molar-refractivity contribution in [1.29, 1.82) is 0 Å². The maximum absolute atomic E-state index is 13.6. The van der Waals surface area contributed by atoms with Gasteiger partial charge >= 0.3 is 5.97 Å². The van der Waals surface area contributed by atoms with E-state index in [0.717, 1.165) is 6.07 Å². The first-order chi connectivity index (χ1) is 8.90. The molecule has 0 saturated carbocycles. The summed E-state index contributed by atoms with van der Waals surface area (Å²) in [6.07, 6.45) is 0. The molecule has 2 nitrogen and oxygen atoms in total. The zero-order valence-corrected chi connectivity index (χ0v) is 10.0. The standard InChI is InChI=1S/C13H6ClF3O2/c14-6-1-2-8(9(3-6)13(18)19)12-10(16)4-7(15)5-11(12)17/h1-5H,(H,18,19). The summed E-state index contributed by atoms with van der Waals surface area (Å²) in [5.41, 5.74) is -1.17. The van der Waals surface area contributed by atoms with E-state index in [1.807, 2.05) is 0 Å². The van der Waals surface area contributed by atoms with Gasteiger partial charge in [0.1, 0.15) is 17.5 Å². The van der Waals surface area contributed by atoms with Gasteiger partial charge in [0, 0.05) is 22.7 Å². The molecule has 98 valence electrons. The molecule has 1 N–H and O–H groups in total. The zero-order chi connectivity index (χ0) is 14.2. The van der Waals surface area contributed by atoms with Gasteiger partial charge < -0.3 is 5.11 Å². The van der Waals surface area contributed by atoms with Gasteiger partial charge in [-0.1, -0.05) is 17.7 Å². The summed E-state index contributed by atoms with van der Waals surface area (Å²) < 4.78 is 40.1. The van der Waals surface area contributed by atoms with Crippen LogP contribution in [0, 0.1) is 17.5 Å². The minimum atomic E-state index is -1.39. The van der Waals surface area contributed by atoms with Crippen LogP contribution in [-0.4, -0.2) is 11.1 Å². The van der Waals surface area contributed by atoms with E-state index in [1.165, 1.54) is 12.1 Å². The Hall–Kier alpha value is -2.01. The molecule has 0 fully saturated rings. The lowest BCUT2D eigenvalue weighted by atomic mass is 9.98. The van der Waals surface area contributed by atoms with E-state index in [-0.39, 0.29) is 16.1 Å². The maximum atomic E-state index is 13.6. The van der Waals surface area contributed by atoms with Crippen molar-refractivity contribution in [2.75, 3.05) is 0 Å². The van der Waals surface area contributed by atoms with Crippen molar-refractivity contribution in [2.45, 2.75) is 0 Å². The molecule has 0 radical (unpaired) electrons. The topological polar surface area (TPSA) is 37.3 Å². The van der Waals surface area contributed by atoms with Gasteiger partial charge in [-0.2, -0.15) is 0 Å². The second kappa shape index (κ2) is 4.93. The van der Waals surface area contributed by atoms with Gasteiger partial charge in [0.15, 0.2) is 0 Å². The van der Waals surface area contributed by atoms with Crippen LogP contribution in [0.25, 0.3) is 11.1 Å². The molecule has 0 amide bonds. The van der Waals surface area contributed by atoms with E-state index in [0.29, 0.717) is 12.1 Å². The Morgan fingerprint density at radius 3 is 2.16 bits per heavy atom. The van der Waals surface area contributed by atoms with Gasteiger partial charge in [0.05, 0.1) is 11.1 Å². The van der Waals surface area contributed by atoms with Crippen LogP contribution in [-0.2, 0) is 0 Å². The molecule has 0 heterocycles. The van der Waals surface area contributed by atoms with Gasteiger partial charge in [-0.3, -0.25) is 0 Å². The van der Waals surface area contributed by atoms with Crippen molar-refractivity contribution in [1.82, 2.24) is 0 Å². The number of benzene rings is 2. The lowest BCUT2D eigenvalue weighted by molar-refractivity contribution is 0.0697. The van der Waals surface area contributed by atoms with Crippen molar-refractivity contribution in [2.24, 2.45) is 0 Å². The average Bonchev–Trinajstić information content (AvgIpc) is 2.29. The fourth-order valence-electron chi connectivity index (χ4n) is 1.71. The molecule has 2 aromatic carbocycles. The summed E-state index contributed by atoms with van der Waals surface area (Å²) in [4.78, 5) is 11.1. The van der Waals surface area contributed by atoms with Crippen molar-refractivity contribution in [3.05, 3.63) is 58.4 Å². The smallest absolute Gasteiger partial charge is 0.336 e. The summed E-state index contributed by atoms with van der Waals surface area (Å²) in [7, 11) is 0. The lowest BCUT2D eigenvalue weighted by Gasteiger charge is -2.09. The van der Waals surface area contributed by atoms with Crippen LogP contribution in [0.5, 0.6) is 0 Å². The van der Waals surface area contributed by atoms with E-state index >= 15 is 0 Å². The highest BCUT2D eigenvalue weighted by molar-refractivity contribution is 6.31. The van der Waals surface area contributed by atoms with Gasteiger partial charge in [0.25, 0.3) is 0 Å². The average molecular weight is 287 g/mol. The molecule has 19 heavy (non-hydrogen) atoms. The number of hydrogen-bond acceptors (Lipinski definition) is 1. The number of halogens is 4. The summed E-state index contributed by atoms with van der Waals surface area (Å²) in [5, 5.41) is 9.13. The third-order valence-corrected chi connectivity index (χ3v) is 2.72. The van der Waals surface area contributed by atoms with Crippen LogP contribution in [0.2, 0.25) is 5.02 Å². The second-order valence-electron chi connectivity index (χ2n) is 3.74. The summed E-state index contributed by atoms with van der Waals surface area (Å²) >= 11 is 5.64. The van der Waals surface area contributed by atoms with Crippen LogP contribution in [0.3, 0.4) is 0 Å². The molecule has 2 rings (SSSR count). The molecular weight excluding hydrogens is 281 g/mol. The Kier molecular flexibility index (Phi) is 3.48. The highest BCUT2D eigenvalue weighted by atomic mass is 35.5. The molecule has 0 bridgehead atoms. The molecule has 0 spiro atoms. The van der Waals surface area contributed by atoms with Crippen LogP contribution >= 0.6 is 11.6 Å². The van der Waals surface area contributed by atoms with Crippen LogP contribution < -0.4 is 0 Å². The molecule has 0 aromatic heterocycles. The van der Waals surface area contributed by atoms with E-state index < -0.39 is 29.0 Å². The summed E-state index contributed by atoms with van der Waals surface area (Å²) in [6.45, 7) is 0. The summed E-state index contributed by atoms with van der Waals surface area (Å²) in [6, 6.07) is 4.51. The van der Waals surface area contributed by atoms with Crippen molar-refractivity contribution in [3.8, 4) is 11.1 Å². The zero-order valence-electron chi connectivity index (χ0n) is 9.25. The first-order valence-electron chi connectivity index (χ1n) is 5.08. The van der Waals surface area contributed by atoms with Crippen LogP contribution in [0.4, 0.5) is 13.2 Å². The van der Waals surface area contributed by atoms with E-state index in [2.05, 4.69) is 0 Å². The predicted octanol–water partition coefficient (Wildman–Crippen LogP) is 4.12. The SMILES string of the molecule is O=C(O)c1cc(Cl)ccc1-c1c(F)cc(F)cc1F. The molecule has 0 aliphatic carbocycles. The first-order valence-corrected chi connectivity index (χ1v) is 5.45. The maximum Gasteiger partial charge on any atom is 0.336 e. The monoisotopic (exact) mass is 286 g/mol. The number of hydrogen-bond donors (Lipinski definition) is 1. The molecule has 2 aromatic rings. The highest BCUT2D eigenvalue weighted by Crippen LogP contribution is 2.31. The normalized spacial score (nSPS) is 10.5. The molecule has 0 aliphatic rings. The highest BCUT2D eigenvalue weighted by Gasteiger charge is 2.19. The molecule has 0 aliphatic heterocycles. The molecule has 6 heteroatoms. The van der Waals surface area contributed by atoms with E-state index in [1.54, 1.807) is 0 Å². The number of aromatic carboxylic acids is 1. The minimum absolute atomic E-state index is 0.115. The Bertz CT molecular complexity index is 648. The lowest BCUT2D eigenvalue weighted by Crippen LogP contribution is -2.02. The largest absolute Gasteiger partial charge is 0.478 e. The number of carboxylic acids is 1. The van der Waals surface area contributed by atoms with E-state index in [9.17, 15) is 18.0 Å². The van der Waals surface area contributed by atoms with Crippen molar-refractivity contribution >= 4 is 17.6 Å². The van der Waals surface area contributed by atoms with Crippen LogP contribution in [0.15, 0.2) is 30.3 Å². The van der Waals surface area contributed by atoms with Gasteiger partial charge in [-0.15, -0.1) is 0 Å². The van der Waals surface area contributed by atoms with Gasteiger partial charge in [-0.05, 0) is 12.1 Å². The fraction of sp³-hybridized carbons (Fsp3) is 0. The Morgan fingerprint density at radius 2 is 1.63 bits per heavy atom. The number of carbonyl (C=O) groups is 1. The third-order valence-electron chi connectivity index (χ3n) is 2.49. The Morgan fingerprint density at radius 1 is 1.05 bits per heavy atom. The third kappa shape index (κ3) is 2.56. The number of rotatable bonds is 2. The number of carboxylic acid groups (broad SMARTS) is 1. The van der Waals surface area contributed by atoms with Gasteiger partial charge in [-0.25, -0.2) is 18.0 Å². The van der Waals surface area contributed by atoms with Crippen LogP contribution in [0.1, 0.15) is 10.4 Å². The van der Waals surface area contributed by atoms with Crippen molar-refractivity contribution in [3.63, 3.8) is 0 Å². The van der Waals surface area contributed by atoms with E-state index in [4.69, 9.17) is 16.7 Å². The summed E-state index contributed by atoms with van der Waals surface area (Å²) in [5.74, 6) is -4.82. The minimum Gasteiger partial charge on any atom is -0.478 e. The van der Waals surface area contributed by atoms with Crippen molar-refractivity contribution < 1.29 is 23.1 Å². The van der Waals surface area contributed by atoms with Gasteiger partial charge in [0.2, 0.25) is 0 Å². The molecule has 0 atom stereocenters. The molecule has 0 saturated heterocycles. The first kappa shape index (κ1) is 13.4. The predicted molar refractivity (Wildman–Crippen MR) is 63.7 cm³/mol. The Labute approximate surface area is 111 Å². The second-order valence-corrected chi connectivity index (χ2v) is 4.18. The molecular formula is C13H6ClF3O2. The quantitative estimate of drug-likeness (QED) is 0.901. The fourth-order valence-corrected chi connectivity index (χ4v) is 1.88.